The van der Waals surface area contributed by atoms with Crippen LogP contribution in [-0.4, -0.2) is 29.2 Å². The predicted octanol–water partition coefficient (Wildman–Crippen LogP) is 7.50. The fourth-order valence-corrected chi connectivity index (χ4v) is 4.93. The van der Waals surface area contributed by atoms with Gasteiger partial charge in [0.15, 0.2) is 0 Å². The summed E-state index contributed by atoms with van der Waals surface area (Å²) in [5.41, 5.74) is 9.30. The van der Waals surface area contributed by atoms with Gasteiger partial charge in [0.2, 0.25) is 5.88 Å². The average molecular weight is 557 g/mol. The second-order valence-corrected chi connectivity index (χ2v) is 16.4. The number of rotatable bonds is 11. The number of nitrogen functional groups attached to an aromatic ring is 1. The van der Waals surface area contributed by atoms with E-state index < -0.39 is 13.9 Å². The van der Waals surface area contributed by atoms with Crippen molar-refractivity contribution in [3.05, 3.63) is 96.6 Å². The van der Waals surface area contributed by atoms with Crippen molar-refractivity contribution in [3.8, 4) is 28.6 Å². The Kier molecular flexibility index (Phi) is 8.13. The van der Waals surface area contributed by atoms with Gasteiger partial charge in [-0.25, -0.2) is 14.4 Å². The van der Waals surface area contributed by atoms with Gasteiger partial charge < -0.3 is 24.5 Å². The second-order valence-electron chi connectivity index (χ2n) is 10.8. The van der Waals surface area contributed by atoms with Crippen molar-refractivity contribution in [1.29, 1.82) is 0 Å². The van der Waals surface area contributed by atoms with Crippen molar-refractivity contribution in [1.82, 2.24) is 14.5 Å². The number of ether oxygens (including phenoxy) is 3. The van der Waals surface area contributed by atoms with Crippen molar-refractivity contribution in [2.45, 2.75) is 39.0 Å². The fourth-order valence-electron chi connectivity index (χ4n) is 4.17. The van der Waals surface area contributed by atoms with Crippen LogP contribution in [0.25, 0.3) is 22.3 Å². The molecule has 0 amide bonds. The number of aromatic nitrogens is 3. The Hall–Kier alpha value is -4.21. The number of benzene rings is 3. The van der Waals surface area contributed by atoms with Crippen LogP contribution in [0.5, 0.6) is 17.4 Å². The summed E-state index contributed by atoms with van der Waals surface area (Å²) in [4.78, 5) is 8.89. The summed E-state index contributed by atoms with van der Waals surface area (Å²) in [5, 5.41) is 0.688. The van der Waals surface area contributed by atoms with E-state index in [0.29, 0.717) is 42.6 Å². The van der Waals surface area contributed by atoms with Gasteiger partial charge in [-0.15, -0.1) is 0 Å². The summed E-state index contributed by atoms with van der Waals surface area (Å²) in [6.45, 7) is 8.46. The zero-order valence-corrected chi connectivity index (χ0v) is 23.9. The van der Waals surface area contributed by atoms with E-state index in [4.69, 9.17) is 19.9 Å². The lowest BCUT2D eigenvalue weighted by atomic mass is 10.1. The van der Waals surface area contributed by atoms with E-state index in [9.17, 15) is 4.39 Å². The summed E-state index contributed by atoms with van der Waals surface area (Å²) in [5.74, 6) is 0.841. The molecule has 2 heterocycles. The lowest BCUT2D eigenvalue weighted by molar-refractivity contribution is 0.0909. The highest BCUT2D eigenvalue weighted by Crippen LogP contribution is 2.34. The molecule has 7 nitrogen and oxygen atoms in total. The van der Waals surface area contributed by atoms with Gasteiger partial charge in [0.25, 0.3) is 0 Å². The zero-order chi connectivity index (χ0) is 28.1. The highest BCUT2D eigenvalue weighted by molar-refractivity contribution is 6.76. The van der Waals surface area contributed by atoms with Crippen LogP contribution in [0, 0.1) is 5.82 Å². The molecule has 0 radical (unpaired) electrons. The first-order valence-corrected chi connectivity index (χ1v) is 16.9. The molecule has 0 spiro atoms. The molecular formula is C31H33FN4O3Si. The van der Waals surface area contributed by atoms with Crippen molar-refractivity contribution < 1.29 is 18.6 Å². The van der Waals surface area contributed by atoms with Gasteiger partial charge in [-0.2, -0.15) is 0 Å². The Morgan fingerprint density at radius 3 is 2.38 bits per heavy atom. The minimum Gasteiger partial charge on any atom is -0.489 e. The Morgan fingerprint density at radius 2 is 1.65 bits per heavy atom. The number of hydrogen-bond acceptors (Lipinski definition) is 6. The Balaban J connectivity index is 1.45. The van der Waals surface area contributed by atoms with Crippen LogP contribution in [-0.2, 0) is 18.1 Å². The number of anilines is 1. The lowest BCUT2D eigenvalue weighted by Gasteiger charge is -2.17. The molecule has 0 saturated carbocycles. The van der Waals surface area contributed by atoms with Gasteiger partial charge in [0.1, 0.15) is 42.6 Å². The van der Waals surface area contributed by atoms with Crippen LogP contribution in [0.2, 0.25) is 25.7 Å². The normalized spacial score (nSPS) is 11.6. The van der Waals surface area contributed by atoms with Crippen LogP contribution in [0.3, 0.4) is 0 Å². The van der Waals surface area contributed by atoms with Crippen molar-refractivity contribution in [2.24, 2.45) is 0 Å². The van der Waals surface area contributed by atoms with Gasteiger partial charge in [0.05, 0.1) is 16.8 Å². The molecule has 5 aromatic rings. The fraction of sp³-hybridized carbons (Fsp3) is 0.226. The molecule has 0 aliphatic heterocycles. The first-order chi connectivity index (χ1) is 19.3. The topological polar surface area (TPSA) is 84.4 Å². The largest absolute Gasteiger partial charge is 0.489 e. The third-order valence-electron chi connectivity index (χ3n) is 6.46. The molecule has 0 bridgehead atoms. The molecule has 0 fully saturated rings. The van der Waals surface area contributed by atoms with E-state index >= 15 is 0 Å². The van der Waals surface area contributed by atoms with E-state index in [1.807, 2.05) is 65.2 Å². The molecule has 3 aromatic carbocycles. The molecular weight excluding hydrogens is 523 g/mol. The van der Waals surface area contributed by atoms with Crippen LogP contribution in [0.1, 0.15) is 5.56 Å². The molecule has 9 heteroatoms. The van der Waals surface area contributed by atoms with E-state index in [0.717, 1.165) is 28.6 Å². The molecule has 0 unspecified atom stereocenters. The minimum atomic E-state index is -1.24. The van der Waals surface area contributed by atoms with Crippen molar-refractivity contribution >= 4 is 24.8 Å². The van der Waals surface area contributed by atoms with Gasteiger partial charge in [-0.1, -0.05) is 50.0 Å². The average Bonchev–Trinajstić information content (AvgIpc) is 3.32. The summed E-state index contributed by atoms with van der Waals surface area (Å²) in [6.07, 6.45) is 1.44. The molecule has 2 N–H and O–H groups in total. The number of fused-ring (bicyclic) bond motifs is 1. The molecule has 0 atom stereocenters. The number of hydrogen-bond donors (Lipinski definition) is 1. The van der Waals surface area contributed by atoms with Crippen molar-refractivity contribution in [3.63, 3.8) is 0 Å². The standard InChI is InChI=1S/C31H33FN4O3Si/c1-40(2,3)16-15-37-21-36-29(23-9-11-24(12-10-23)38-19-22-7-5-4-6-8-22)18-26-30(36)34-20-35-31(26)39-25-13-14-28(33)27(32)17-25/h4-14,17-18,20H,15-16,19,21,33H2,1-3H3. The lowest BCUT2D eigenvalue weighted by Crippen LogP contribution is -2.22. The first-order valence-electron chi connectivity index (χ1n) is 13.2. The third-order valence-corrected chi connectivity index (χ3v) is 8.16. The maximum absolute atomic E-state index is 14.1. The van der Waals surface area contributed by atoms with Crippen LogP contribution in [0.15, 0.2) is 85.2 Å². The summed E-state index contributed by atoms with van der Waals surface area (Å²) >= 11 is 0. The van der Waals surface area contributed by atoms with Gasteiger partial charge >= 0.3 is 0 Å². The summed E-state index contributed by atoms with van der Waals surface area (Å²) in [6, 6.07) is 25.3. The summed E-state index contributed by atoms with van der Waals surface area (Å²) < 4.78 is 34.2. The molecule has 5 rings (SSSR count). The number of nitrogens with two attached hydrogens (primary N) is 1. The van der Waals surface area contributed by atoms with Crippen LogP contribution in [0.4, 0.5) is 10.1 Å². The Morgan fingerprint density at radius 1 is 0.900 bits per heavy atom. The van der Waals surface area contributed by atoms with E-state index in [1.165, 1.54) is 18.5 Å². The predicted molar refractivity (Wildman–Crippen MR) is 159 cm³/mol. The molecule has 206 valence electrons. The molecule has 0 saturated heterocycles. The highest BCUT2D eigenvalue weighted by atomic mass is 28.3. The van der Waals surface area contributed by atoms with Crippen molar-refractivity contribution in [2.75, 3.05) is 12.3 Å². The first kappa shape index (κ1) is 27.4. The van der Waals surface area contributed by atoms with Gasteiger partial charge in [-0.05, 0) is 59.6 Å². The third kappa shape index (κ3) is 6.67. The van der Waals surface area contributed by atoms with Crippen LogP contribution >= 0.6 is 0 Å². The number of nitrogens with zero attached hydrogens (tertiary/aromatic N) is 3. The maximum Gasteiger partial charge on any atom is 0.231 e. The molecule has 40 heavy (non-hydrogen) atoms. The molecule has 0 aliphatic rings. The minimum absolute atomic E-state index is 0.0558. The monoisotopic (exact) mass is 556 g/mol. The van der Waals surface area contributed by atoms with Gasteiger partial charge in [0, 0.05) is 20.7 Å². The van der Waals surface area contributed by atoms with E-state index in [-0.39, 0.29) is 5.69 Å². The number of halogens is 1. The molecule has 2 aromatic heterocycles. The van der Waals surface area contributed by atoms with Gasteiger partial charge in [-0.3, -0.25) is 0 Å². The smallest absolute Gasteiger partial charge is 0.231 e. The van der Waals surface area contributed by atoms with E-state index in [1.54, 1.807) is 6.07 Å². The summed E-state index contributed by atoms with van der Waals surface area (Å²) in [7, 11) is -1.24. The Labute approximate surface area is 234 Å². The zero-order valence-electron chi connectivity index (χ0n) is 22.9. The van der Waals surface area contributed by atoms with Crippen LogP contribution < -0.4 is 15.2 Å². The quantitative estimate of drug-likeness (QED) is 0.103. The maximum atomic E-state index is 14.1. The second kappa shape index (κ2) is 11.9. The Bertz CT molecular complexity index is 1580. The molecule has 0 aliphatic carbocycles. The highest BCUT2D eigenvalue weighted by Gasteiger charge is 2.18. The SMILES string of the molecule is C[Si](C)(C)CCOCn1c(-c2ccc(OCc3ccccc3)cc2)cc2c(Oc3ccc(N)c(F)c3)ncnc21. The van der Waals surface area contributed by atoms with E-state index in [2.05, 4.69) is 29.6 Å².